The van der Waals surface area contributed by atoms with Crippen molar-refractivity contribution < 1.29 is 21.8 Å². The lowest BCUT2D eigenvalue weighted by atomic mass is 10.4. The molecule has 0 rings (SSSR count). The molecule has 16 heavy (non-hydrogen) atoms. The van der Waals surface area contributed by atoms with Crippen LogP contribution in [0.5, 0.6) is 0 Å². The molecule has 1 unspecified atom stereocenters. The van der Waals surface area contributed by atoms with Crippen molar-refractivity contribution in [2.24, 2.45) is 0 Å². The summed E-state index contributed by atoms with van der Waals surface area (Å²) in [6.45, 7) is 3.84. The zero-order chi connectivity index (χ0) is 12.8. The van der Waals surface area contributed by atoms with Gasteiger partial charge in [0.2, 0.25) is 9.76 Å². The molecule has 0 aromatic carbocycles. The van der Waals surface area contributed by atoms with Crippen LogP contribution in [0.15, 0.2) is 0 Å². The molecule has 0 fully saturated rings. The molecule has 0 aliphatic carbocycles. The molecule has 0 radical (unpaired) electrons. The topological polar surface area (TPSA) is 52.6 Å². The van der Waals surface area contributed by atoms with Crippen LogP contribution in [0.1, 0.15) is 26.7 Å². The summed E-state index contributed by atoms with van der Waals surface area (Å²) in [5.41, 5.74) is 0.150. The van der Waals surface area contributed by atoms with Crippen molar-refractivity contribution in [2.75, 3.05) is 27.0 Å². The quantitative estimate of drug-likeness (QED) is 0.359. The van der Waals surface area contributed by atoms with Crippen LogP contribution in [0.25, 0.3) is 0 Å². The van der Waals surface area contributed by atoms with Gasteiger partial charge in [-0.05, 0) is 12.8 Å². The number of nitrogens with zero attached hydrogens (tertiary/aromatic N) is 1. The predicted molar refractivity (Wildman–Crippen MR) is 66.9 cm³/mol. The fourth-order valence-electron chi connectivity index (χ4n) is 1.57. The van der Waals surface area contributed by atoms with Crippen LogP contribution < -0.4 is 0 Å². The summed E-state index contributed by atoms with van der Waals surface area (Å²) in [5.74, 6) is 0.0691. The van der Waals surface area contributed by atoms with Crippen LogP contribution in [-0.2, 0) is 18.8 Å². The smallest absolute Gasteiger partial charge is 0.314 e. The van der Waals surface area contributed by atoms with Crippen molar-refractivity contribution >= 4 is 19.9 Å². The Morgan fingerprint density at radius 1 is 1.31 bits per heavy atom. The van der Waals surface area contributed by atoms with Gasteiger partial charge in [-0.15, -0.1) is 0 Å². The first-order valence-electron chi connectivity index (χ1n) is 5.55. The first kappa shape index (κ1) is 16.0. The Balaban J connectivity index is 4.64. The van der Waals surface area contributed by atoms with Crippen LogP contribution in [-0.4, -0.2) is 55.5 Å². The Kier molecular flexibility index (Phi) is 6.72. The van der Waals surface area contributed by atoms with Crippen LogP contribution in [0, 0.1) is 0 Å². The summed E-state index contributed by atoms with van der Waals surface area (Å²) < 4.78 is 33.7. The maximum absolute atomic E-state index is 11.6. The summed E-state index contributed by atoms with van der Waals surface area (Å²) in [5, 5.41) is 0. The molecule has 0 saturated carbocycles. The summed E-state index contributed by atoms with van der Waals surface area (Å²) in [6.07, 6.45) is 1.43. The standard InChI is InChI=1S/C9H24NO4SSi/c1-6-8-15(11,12)14-10(3,4)9(7-2)16-13-5/h9H,6-8,16H2,1-5H3/q+1. The number of hydrogen-bond acceptors (Lipinski definition) is 4. The molecule has 0 N–H and O–H groups in total. The van der Waals surface area contributed by atoms with Gasteiger partial charge < -0.3 is 4.43 Å². The van der Waals surface area contributed by atoms with Gasteiger partial charge in [0.1, 0.15) is 5.67 Å². The maximum atomic E-state index is 11.6. The van der Waals surface area contributed by atoms with Crippen molar-refractivity contribution in [3.8, 4) is 0 Å². The molecule has 5 nitrogen and oxygen atoms in total. The Morgan fingerprint density at radius 2 is 1.88 bits per heavy atom. The molecule has 7 heteroatoms. The van der Waals surface area contributed by atoms with Gasteiger partial charge in [0.05, 0.1) is 19.8 Å². The van der Waals surface area contributed by atoms with Gasteiger partial charge in [0, 0.05) is 7.11 Å². The fraction of sp³-hybridized carbons (Fsp3) is 1.00. The number of hydrogen-bond donors (Lipinski definition) is 0. The second-order valence-corrected chi connectivity index (χ2v) is 7.81. The largest absolute Gasteiger partial charge is 0.420 e. The monoisotopic (exact) mass is 270 g/mol. The third-order valence-corrected chi connectivity index (χ3v) is 6.16. The van der Waals surface area contributed by atoms with Crippen LogP contribution in [0.2, 0.25) is 0 Å². The SMILES string of the molecule is CCCS(=O)(=O)O[N+](C)(C)C(CC)[SiH2]OC. The van der Waals surface area contributed by atoms with E-state index in [9.17, 15) is 8.42 Å². The molecule has 0 aliphatic rings. The Morgan fingerprint density at radius 3 is 2.25 bits per heavy atom. The van der Waals surface area contributed by atoms with E-state index in [1.54, 1.807) is 21.2 Å². The first-order chi connectivity index (χ1) is 7.29. The number of rotatable bonds is 8. The highest BCUT2D eigenvalue weighted by Crippen LogP contribution is 2.14. The lowest BCUT2D eigenvalue weighted by Crippen LogP contribution is -2.53. The molecule has 1 atom stereocenters. The Bertz CT molecular complexity index is 292. The summed E-state index contributed by atoms with van der Waals surface area (Å²) in [7, 11) is 1.01. The van der Waals surface area contributed by atoms with E-state index in [1.165, 1.54) is 0 Å². The first-order valence-corrected chi connectivity index (χ1v) is 8.52. The predicted octanol–water partition coefficient (Wildman–Crippen LogP) is 0.200. The molecular formula is C9H24NO4SSi+. The van der Waals surface area contributed by atoms with Gasteiger partial charge in [0.25, 0.3) is 0 Å². The van der Waals surface area contributed by atoms with Gasteiger partial charge in [-0.25, -0.2) is 0 Å². The number of quaternary nitrogens is 1. The molecule has 0 aromatic heterocycles. The molecule has 0 bridgehead atoms. The normalized spacial score (nSPS) is 15.8. The van der Waals surface area contributed by atoms with Crippen LogP contribution in [0.3, 0.4) is 0 Å². The molecule has 0 aliphatic heterocycles. The second kappa shape index (κ2) is 6.70. The third-order valence-electron chi connectivity index (χ3n) is 2.47. The van der Waals surface area contributed by atoms with E-state index in [0.29, 0.717) is 6.42 Å². The molecule has 0 aromatic rings. The van der Waals surface area contributed by atoms with Crippen molar-refractivity contribution in [1.29, 1.82) is 0 Å². The van der Waals surface area contributed by atoms with E-state index in [-0.39, 0.29) is 16.1 Å². The van der Waals surface area contributed by atoms with Gasteiger partial charge in [-0.2, -0.15) is 13.1 Å². The fourth-order valence-corrected chi connectivity index (χ4v) is 4.01. The summed E-state index contributed by atoms with van der Waals surface area (Å²) in [6, 6.07) is 0. The lowest BCUT2D eigenvalue weighted by Gasteiger charge is -2.32. The minimum absolute atomic E-state index is 0.0406. The molecular weight excluding hydrogens is 246 g/mol. The summed E-state index contributed by atoms with van der Waals surface area (Å²) >= 11 is 0. The van der Waals surface area contributed by atoms with Crippen LogP contribution in [0.4, 0.5) is 0 Å². The van der Waals surface area contributed by atoms with Gasteiger partial charge >= 0.3 is 10.1 Å². The average Bonchev–Trinajstić information content (AvgIpc) is 2.11. The van der Waals surface area contributed by atoms with Crippen molar-refractivity contribution in [3.05, 3.63) is 0 Å². The Labute approximate surface area is 101 Å². The third kappa shape index (κ3) is 5.40. The molecule has 0 spiro atoms. The second-order valence-electron chi connectivity index (χ2n) is 4.29. The van der Waals surface area contributed by atoms with Crippen molar-refractivity contribution in [2.45, 2.75) is 32.4 Å². The van der Waals surface area contributed by atoms with Gasteiger partial charge in [-0.3, -0.25) is 0 Å². The van der Waals surface area contributed by atoms with E-state index in [1.807, 2.05) is 13.8 Å². The minimum Gasteiger partial charge on any atom is -0.420 e. The average molecular weight is 270 g/mol. The highest BCUT2D eigenvalue weighted by molar-refractivity contribution is 7.86. The molecule has 0 amide bonds. The van der Waals surface area contributed by atoms with Crippen molar-refractivity contribution in [1.82, 2.24) is 0 Å². The van der Waals surface area contributed by atoms with E-state index < -0.39 is 19.9 Å². The van der Waals surface area contributed by atoms with Crippen molar-refractivity contribution in [3.63, 3.8) is 0 Å². The van der Waals surface area contributed by atoms with E-state index >= 15 is 0 Å². The molecule has 98 valence electrons. The van der Waals surface area contributed by atoms with E-state index in [0.717, 1.165) is 6.42 Å². The van der Waals surface area contributed by atoms with Crippen LogP contribution >= 0.6 is 0 Å². The zero-order valence-electron chi connectivity index (χ0n) is 10.9. The lowest BCUT2D eigenvalue weighted by molar-refractivity contribution is -1.06. The van der Waals surface area contributed by atoms with E-state index in [4.69, 9.17) is 8.71 Å². The molecule has 0 saturated heterocycles. The number of hydroxylamine groups is 3. The summed E-state index contributed by atoms with van der Waals surface area (Å²) in [4.78, 5) is 0. The zero-order valence-corrected chi connectivity index (χ0v) is 13.1. The maximum Gasteiger partial charge on any atom is 0.314 e. The highest BCUT2D eigenvalue weighted by atomic mass is 32.2. The van der Waals surface area contributed by atoms with Gasteiger partial charge in [0.15, 0.2) is 0 Å². The highest BCUT2D eigenvalue weighted by Gasteiger charge is 2.34. The minimum atomic E-state index is -3.42. The van der Waals surface area contributed by atoms with E-state index in [2.05, 4.69) is 0 Å². The Hall–Kier alpha value is 0.0469. The van der Waals surface area contributed by atoms with Gasteiger partial charge in [-0.1, -0.05) is 18.1 Å². The molecule has 0 heterocycles.